The number of benzene rings is 1. The van der Waals surface area contributed by atoms with E-state index in [0.717, 1.165) is 17.1 Å². The van der Waals surface area contributed by atoms with Gasteiger partial charge in [-0.3, -0.25) is 5.43 Å². The van der Waals surface area contributed by atoms with Crippen molar-refractivity contribution in [3.8, 4) is 11.5 Å². The number of hydrogen-bond acceptors (Lipinski definition) is 9. The summed E-state index contributed by atoms with van der Waals surface area (Å²) in [5.41, 5.74) is 3.68. The Kier molecular flexibility index (Phi) is 4.15. The van der Waals surface area contributed by atoms with Gasteiger partial charge in [0.2, 0.25) is 12.5 Å². The van der Waals surface area contributed by atoms with Crippen LogP contribution in [-0.2, 0) is 4.74 Å². The van der Waals surface area contributed by atoms with E-state index in [0.29, 0.717) is 16.5 Å². The van der Waals surface area contributed by atoms with E-state index in [9.17, 15) is 4.79 Å². The molecule has 0 radical (unpaired) electrons. The lowest BCUT2D eigenvalue weighted by Crippen LogP contribution is -2.07. The molecule has 8 nitrogen and oxygen atoms in total. The molecule has 9 heteroatoms. The Morgan fingerprint density at radius 1 is 1.50 bits per heavy atom. The van der Waals surface area contributed by atoms with E-state index in [-0.39, 0.29) is 19.1 Å². The van der Waals surface area contributed by atoms with Gasteiger partial charge >= 0.3 is 5.97 Å². The van der Waals surface area contributed by atoms with Gasteiger partial charge in [-0.25, -0.2) is 4.79 Å². The van der Waals surface area contributed by atoms with E-state index >= 15 is 0 Å². The summed E-state index contributed by atoms with van der Waals surface area (Å²) in [6.45, 7) is 2.22. The van der Waals surface area contributed by atoms with Gasteiger partial charge in [0.25, 0.3) is 0 Å². The number of carbonyl (C=O) groups is 1. The molecule has 0 spiro atoms. The highest BCUT2D eigenvalue weighted by Crippen LogP contribution is 2.32. The zero-order valence-corrected chi connectivity index (χ0v) is 12.4. The third-order valence-corrected chi connectivity index (χ3v) is 3.36. The van der Waals surface area contributed by atoms with E-state index in [1.165, 1.54) is 0 Å². The van der Waals surface area contributed by atoms with Crippen molar-refractivity contribution in [3.63, 3.8) is 0 Å². The van der Waals surface area contributed by atoms with Crippen molar-refractivity contribution in [2.75, 3.05) is 18.8 Å². The van der Waals surface area contributed by atoms with E-state index in [4.69, 9.17) is 14.2 Å². The number of hydrazone groups is 1. The summed E-state index contributed by atoms with van der Waals surface area (Å²) < 4.78 is 19.1. The molecule has 0 unspecified atom stereocenters. The molecule has 2 heterocycles. The van der Waals surface area contributed by atoms with Crippen LogP contribution in [0.5, 0.6) is 11.5 Å². The first-order chi connectivity index (χ1) is 10.8. The van der Waals surface area contributed by atoms with Crippen LogP contribution < -0.4 is 14.9 Å². The molecule has 0 amide bonds. The van der Waals surface area contributed by atoms with Crippen LogP contribution in [0.4, 0.5) is 5.00 Å². The minimum absolute atomic E-state index is 0.120. The number of hydrogen-bond donors (Lipinski definition) is 1. The molecule has 0 aliphatic carbocycles. The number of carbonyl (C=O) groups excluding carboxylic acids is 1. The fourth-order valence-electron chi connectivity index (χ4n) is 1.76. The van der Waals surface area contributed by atoms with Crippen LogP contribution in [0.1, 0.15) is 23.0 Å². The molecule has 22 heavy (non-hydrogen) atoms. The molecule has 0 bridgehead atoms. The predicted molar refractivity (Wildman–Crippen MR) is 79.6 cm³/mol. The molecule has 0 fully saturated rings. The molecule has 1 aliphatic rings. The normalized spacial score (nSPS) is 12.6. The zero-order valence-electron chi connectivity index (χ0n) is 11.6. The first-order valence-corrected chi connectivity index (χ1v) is 7.23. The van der Waals surface area contributed by atoms with Gasteiger partial charge in [-0.2, -0.15) is 5.10 Å². The Morgan fingerprint density at radius 3 is 3.23 bits per heavy atom. The number of rotatable bonds is 5. The van der Waals surface area contributed by atoms with Gasteiger partial charge in [0.15, 0.2) is 16.5 Å². The van der Waals surface area contributed by atoms with E-state index in [2.05, 4.69) is 20.1 Å². The molecule has 0 saturated heterocycles. The van der Waals surface area contributed by atoms with Gasteiger partial charge in [0, 0.05) is 11.5 Å². The maximum Gasteiger partial charge on any atom is 0.362 e. The lowest BCUT2D eigenvalue weighted by molar-refractivity contribution is 0.0520. The third kappa shape index (κ3) is 2.98. The van der Waals surface area contributed by atoms with Crippen LogP contribution in [0.2, 0.25) is 0 Å². The third-order valence-electron chi connectivity index (χ3n) is 2.73. The lowest BCUT2D eigenvalue weighted by atomic mass is 10.2. The maximum absolute atomic E-state index is 11.6. The average molecular weight is 320 g/mol. The van der Waals surface area contributed by atoms with Crippen LogP contribution in [0, 0.1) is 0 Å². The van der Waals surface area contributed by atoms with Gasteiger partial charge in [0.05, 0.1) is 12.8 Å². The number of nitrogens with zero attached hydrogens (tertiary/aromatic N) is 3. The first kappa shape index (κ1) is 14.3. The van der Waals surface area contributed by atoms with Crippen LogP contribution in [-0.4, -0.2) is 35.2 Å². The van der Waals surface area contributed by atoms with Crippen molar-refractivity contribution in [2.24, 2.45) is 5.10 Å². The Morgan fingerprint density at radius 2 is 2.36 bits per heavy atom. The second-order valence-corrected chi connectivity index (χ2v) is 4.91. The fourth-order valence-corrected chi connectivity index (χ4v) is 2.26. The molecule has 3 rings (SSSR count). The summed E-state index contributed by atoms with van der Waals surface area (Å²) in [4.78, 5) is 11.6. The second kappa shape index (κ2) is 6.39. The number of ether oxygens (including phenoxy) is 3. The van der Waals surface area contributed by atoms with Gasteiger partial charge < -0.3 is 14.2 Å². The molecule has 0 saturated carbocycles. The Bertz CT molecular complexity index is 716. The first-order valence-electron chi connectivity index (χ1n) is 6.46. The van der Waals surface area contributed by atoms with Crippen molar-refractivity contribution in [3.05, 3.63) is 29.5 Å². The van der Waals surface area contributed by atoms with E-state index in [1.807, 2.05) is 18.2 Å². The number of nitrogens with one attached hydrogen (secondary N) is 1. The summed E-state index contributed by atoms with van der Waals surface area (Å²) in [6.07, 6.45) is 1.59. The summed E-state index contributed by atoms with van der Waals surface area (Å²) in [7, 11) is 0. The van der Waals surface area contributed by atoms with Gasteiger partial charge in [-0.15, -0.1) is 5.10 Å². The van der Waals surface area contributed by atoms with Crippen LogP contribution in [0.15, 0.2) is 23.3 Å². The van der Waals surface area contributed by atoms with Crippen molar-refractivity contribution >= 4 is 28.7 Å². The highest BCUT2D eigenvalue weighted by atomic mass is 32.1. The Labute approximate surface area is 129 Å². The largest absolute Gasteiger partial charge is 0.461 e. The summed E-state index contributed by atoms with van der Waals surface area (Å²) in [5, 5.41) is 8.22. The molecule has 2 aromatic rings. The molecular formula is C13H12N4O4S. The molecule has 114 valence electrons. The van der Waals surface area contributed by atoms with Gasteiger partial charge in [-0.05, 0) is 30.7 Å². The van der Waals surface area contributed by atoms with Crippen LogP contribution >= 0.6 is 11.5 Å². The quantitative estimate of drug-likeness (QED) is 0.510. The van der Waals surface area contributed by atoms with E-state index < -0.39 is 5.97 Å². The van der Waals surface area contributed by atoms with Crippen molar-refractivity contribution in [2.45, 2.75) is 6.92 Å². The average Bonchev–Trinajstić information content (AvgIpc) is 3.15. The van der Waals surface area contributed by atoms with E-state index in [1.54, 1.807) is 13.1 Å². The lowest BCUT2D eigenvalue weighted by Gasteiger charge is -2.00. The Balaban J connectivity index is 1.68. The maximum atomic E-state index is 11.6. The molecule has 1 aromatic heterocycles. The summed E-state index contributed by atoms with van der Waals surface area (Å²) >= 11 is 1.03. The number of esters is 1. The van der Waals surface area contributed by atoms with Gasteiger partial charge in [0.1, 0.15) is 0 Å². The highest BCUT2D eigenvalue weighted by molar-refractivity contribution is 7.10. The smallest absolute Gasteiger partial charge is 0.362 e. The number of aromatic nitrogens is 2. The van der Waals surface area contributed by atoms with Gasteiger partial charge in [-0.1, -0.05) is 4.49 Å². The van der Waals surface area contributed by atoms with Crippen LogP contribution in [0.3, 0.4) is 0 Å². The molecule has 1 N–H and O–H groups in total. The fraction of sp³-hybridized carbons (Fsp3) is 0.231. The Hall–Kier alpha value is -2.68. The summed E-state index contributed by atoms with van der Waals surface area (Å²) in [5.74, 6) is 0.856. The second-order valence-electron chi connectivity index (χ2n) is 4.15. The zero-order chi connectivity index (χ0) is 15.4. The summed E-state index contributed by atoms with van der Waals surface area (Å²) in [6, 6.07) is 5.46. The molecular weight excluding hydrogens is 308 g/mol. The minimum atomic E-state index is -0.531. The molecule has 1 aliphatic heterocycles. The minimum Gasteiger partial charge on any atom is -0.461 e. The van der Waals surface area contributed by atoms with Crippen molar-refractivity contribution < 1.29 is 19.0 Å². The predicted octanol–water partition coefficient (Wildman–Crippen LogP) is 1.89. The number of fused-ring (bicyclic) bond motifs is 1. The SMILES string of the molecule is CCOC(=O)c1nnsc1NN=Cc1ccc2c(c1)OCO2. The number of anilines is 1. The molecule has 0 atom stereocenters. The van der Waals surface area contributed by atoms with Crippen molar-refractivity contribution in [1.29, 1.82) is 0 Å². The monoisotopic (exact) mass is 320 g/mol. The van der Waals surface area contributed by atoms with Crippen molar-refractivity contribution in [1.82, 2.24) is 9.59 Å². The topological polar surface area (TPSA) is 94.9 Å². The van der Waals surface area contributed by atoms with Crippen LogP contribution in [0.25, 0.3) is 0 Å². The molecule has 1 aromatic carbocycles. The standard InChI is InChI=1S/C13H12N4O4S/c1-2-19-13(18)11-12(22-17-15-11)16-14-6-8-3-4-9-10(5-8)21-7-20-9/h3-6,16H,2,7H2,1H3. The highest BCUT2D eigenvalue weighted by Gasteiger charge is 2.17.